The summed E-state index contributed by atoms with van der Waals surface area (Å²) < 4.78 is 16.2. The van der Waals surface area contributed by atoms with Gasteiger partial charge in [0.25, 0.3) is 0 Å². The molecule has 0 radical (unpaired) electrons. The summed E-state index contributed by atoms with van der Waals surface area (Å²) in [7, 11) is 1.38. The average Bonchev–Trinajstić information content (AvgIpc) is 3.26. The Labute approximate surface area is 135 Å². The quantitative estimate of drug-likeness (QED) is 0.828. The van der Waals surface area contributed by atoms with Crippen LogP contribution in [0.1, 0.15) is 29.0 Å². The number of hydrogen-bond donors (Lipinski definition) is 1. The first kappa shape index (κ1) is 15.8. The van der Waals surface area contributed by atoms with Crippen molar-refractivity contribution in [2.75, 3.05) is 20.3 Å². The van der Waals surface area contributed by atoms with Crippen LogP contribution in [0.4, 0.5) is 0 Å². The van der Waals surface area contributed by atoms with Gasteiger partial charge in [0, 0.05) is 12.2 Å². The first-order valence-corrected chi connectivity index (χ1v) is 7.97. The molecule has 2 heterocycles. The van der Waals surface area contributed by atoms with E-state index in [0.29, 0.717) is 11.7 Å². The highest BCUT2D eigenvalue weighted by molar-refractivity contribution is 5.89. The number of ether oxygens (including phenoxy) is 2. The second kappa shape index (κ2) is 7.44. The fourth-order valence-corrected chi connectivity index (χ4v) is 2.77. The Hall–Kier alpha value is -2.11. The molecule has 0 saturated carbocycles. The summed E-state index contributed by atoms with van der Waals surface area (Å²) in [5, 5.41) is 2.22. The molecule has 0 aliphatic carbocycles. The van der Waals surface area contributed by atoms with Crippen molar-refractivity contribution in [1.82, 2.24) is 0 Å². The lowest BCUT2D eigenvalue weighted by Crippen LogP contribution is -2.84. The van der Waals surface area contributed by atoms with E-state index in [2.05, 4.69) is 5.32 Å². The zero-order valence-electron chi connectivity index (χ0n) is 13.3. The number of rotatable bonds is 6. The van der Waals surface area contributed by atoms with Crippen molar-refractivity contribution in [2.45, 2.75) is 25.5 Å². The summed E-state index contributed by atoms with van der Waals surface area (Å²) in [5.41, 5.74) is 1.48. The van der Waals surface area contributed by atoms with Crippen LogP contribution in [0.15, 0.2) is 40.8 Å². The Morgan fingerprint density at radius 1 is 1.26 bits per heavy atom. The molecule has 0 amide bonds. The maximum Gasteiger partial charge on any atom is 0.337 e. The number of methoxy groups -OCH3 is 1. The SMILES string of the molecule is COC(=O)c1ccc(-c2ccc(C[NH2+]C[C@H]3CCCO3)o2)cc1. The van der Waals surface area contributed by atoms with Crippen LogP contribution >= 0.6 is 0 Å². The first-order valence-electron chi connectivity index (χ1n) is 7.97. The van der Waals surface area contributed by atoms with E-state index in [0.717, 1.165) is 43.2 Å². The lowest BCUT2D eigenvalue weighted by Gasteiger charge is -2.06. The van der Waals surface area contributed by atoms with Gasteiger partial charge in [-0.25, -0.2) is 4.79 Å². The molecule has 5 heteroatoms. The van der Waals surface area contributed by atoms with Crippen LogP contribution < -0.4 is 5.32 Å². The van der Waals surface area contributed by atoms with Gasteiger partial charge < -0.3 is 19.2 Å². The van der Waals surface area contributed by atoms with E-state index in [1.807, 2.05) is 24.3 Å². The molecule has 1 aliphatic rings. The number of nitrogens with two attached hydrogens (primary N) is 1. The van der Waals surface area contributed by atoms with E-state index in [4.69, 9.17) is 13.9 Å². The molecule has 1 aliphatic heterocycles. The number of esters is 1. The summed E-state index contributed by atoms with van der Waals surface area (Å²) in [4.78, 5) is 11.4. The predicted molar refractivity (Wildman–Crippen MR) is 85.0 cm³/mol. The van der Waals surface area contributed by atoms with Gasteiger partial charge in [-0.15, -0.1) is 0 Å². The van der Waals surface area contributed by atoms with Gasteiger partial charge in [0.05, 0.1) is 12.7 Å². The molecule has 122 valence electrons. The zero-order chi connectivity index (χ0) is 16.1. The number of carbonyl (C=O) groups excluding carboxylic acids is 1. The van der Waals surface area contributed by atoms with E-state index in [1.165, 1.54) is 13.5 Å². The Morgan fingerprint density at radius 3 is 2.78 bits per heavy atom. The molecule has 2 N–H and O–H groups in total. The summed E-state index contributed by atoms with van der Waals surface area (Å²) in [6.07, 6.45) is 2.72. The average molecular weight is 316 g/mol. The zero-order valence-corrected chi connectivity index (χ0v) is 13.3. The monoisotopic (exact) mass is 316 g/mol. The molecule has 0 unspecified atom stereocenters. The standard InChI is InChI=1S/C18H21NO4/c1-21-18(20)14-6-4-13(5-7-14)17-9-8-16(23-17)12-19-11-15-3-2-10-22-15/h4-9,15,19H,2-3,10-12H2,1H3/p+1/t15-/m1/s1. The molecule has 1 atom stereocenters. The topological polar surface area (TPSA) is 65.3 Å². The van der Waals surface area contributed by atoms with Gasteiger partial charge >= 0.3 is 5.97 Å². The largest absolute Gasteiger partial charge is 0.465 e. The smallest absolute Gasteiger partial charge is 0.337 e. The number of hydrogen-bond acceptors (Lipinski definition) is 4. The molecule has 0 spiro atoms. The number of benzene rings is 1. The molecular formula is C18H22NO4+. The van der Waals surface area contributed by atoms with Gasteiger partial charge in [-0.1, -0.05) is 12.1 Å². The van der Waals surface area contributed by atoms with Crippen LogP contribution in [0.5, 0.6) is 0 Å². The van der Waals surface area contributed by atoms with Crippen LogP contribution in [0.2, 0.25) is 0 Å². The third kappa shape index (κ3) is 4.00. The second-order valence-corrected chi connectivity index (χ2v) is 5.70. The van der Waals surface area contributed by atoms with E-state index in [9.17, 15) is 4.79 Å². The molecule has 5 nitrogen and oxygen atoms in total. The van der Waals surface area contributed by atoms with Gasteiger partial charge in [0.2, 0.25) is 0 Å². The Kier molecular flexibility index (Phi) is 5.10. The summed E-state index contributed by atoms with van der Waals surface area (Å²) >= 11 is 0. The van der Waals surface area contributed by atoms with Gasteiger partial charge in [-0.2, -0.15) is 0 Å². The number of carbonyl (C=O) groups is 1. The van der Waals surface area contributed by atoms with Crippen LogP contribution in [0, 0.1) is 0 Å². The molecule has 0 bridgehead atoms. The van der Waals surface area contributed by atoms with E-state index < -0.39 is 0 Å². The normalized spacial score (nSPS) is 17.3. The highest BCUT2D eigenvalue weighted by Gasteiger charge is 2.17. The predicted octanol–water partition coefficient (Wildman–Crippen LogP) is 1.98. The highest BCUT2D eigenvalue weighted by atomic mass is 16.5. The van der Waals surface area contributed by atoms with Crippen LogP contribution in [0.3, 0.4) is 0 Å². The molecule has 2 aromatic rings. The molecule has 1 aromatic heterocycles. The van der Waals surface area contributed by atoms with Crippen LogP contribution in [0.25, 0.3) is 11.3 Å². The summed E-state index contributed by atoms with van der Waals surface area (Å²) in [5.74, 6) is 1.41. The van der Waals surface area contributed by atoms with Gasteiger partial charge in [0.1, 0.15) is 25.0 Å². The van der Waals surface area contributed by atoms with Crippen molar-refractivity contribution < 1.29 is 24.0 Å². The van der Waals surface area contributed by atoms with Gasteiger partial charge in [-0.3, -0.25) is 0 Å². The Bertz CT molecular complexity index is 641. The van der Waals surface area contributed by atoms with Crippen molar-refractivity contribution in [2.24, 2.45) is 0 Å². The van der Waals surface area contributed by atoms with Crippen molar-refractivity contribution >= 4 is 5.97 Å². The molecule has 3 rings (SSSR count). The van der Waals surface area contributed by atoms with E-state index in [-0.39, 0.29) is 5.97 Å². The molecule has 23 heavy (non-hydrogen) atoms. The van der Waals surface area contributed by atoms with Crippen LogP contribution in [-0.4, -0.2) is 32.3 Å². The van der Waals surface area contributed by atoms with E-state index in [1.54, 1.807) is 12.1 Å². The lowest BCUT2D eigenvalue weighted by atomic mass is 10.1. The second-order valence-electron chi connectivity index (χ2n) is 5.70. The first-order chi connectivity index (χ1) is 11.3. The highest BCUT2D eigenvalue weighted by Crippen LogP contribution is 2.22. The maximum absolute atomic E-state index is 11.4. The third-order valence-corrected chi connectivity index (χ3v) is 4.05. The Morgan fingerprint density at radius 2 is 2.09 bits per heavy atom. The number of furan rings is 1. The fourth-order valence-electron chi connectivity index (χ4n) is 2.77. The summed E-state index contributed by atoms with van der Waals surface area (Å²) in [6.45, 7) is 2.68. The summed E-state index contributed by atoms with van der Waals surface area (Å²) in [6, 6.07) is 11.2. The third-order valence-electron chi connectivity index (χ3n) is 4.05. The molecule has 1 fully saturated rings. The van der Waals surface area contributed by atoms with E-state index >= 15 is 0 Å². The molecule has 1 aromatic carbocycles. The van der Waals surface area contributed by atoms with Crippen molar-refractivity contribution in [3.05, 3.63) is 47.7 Å². The molecular weight excluding hydrogens is 294 g/mol. The lowest BCUT2D eigenvalue weighted by molar-refractivity contribution is -0.677. The van der Waals surface area contributed by atoms with Crippen LogP contribution in [-0.2, 0) is 16.0 Å². The molecule has 1 saturated heterocycles. The Balaban J connectivity index is 1.56. The van der Waals surface area contributed by atoms with Gasteiger partial charge in [0.15, 0.2) is 5.76 Å². The minimum Gasteiger partial charge on any atom is -0.465 e. The van der Waals surface area contributed by atoms with Crippen molar-refractivity contribution in [3.8, 4) is 11.3 Å². The fraction of sp³-hybridized carbons (Fsp3) is 0.389. The minimum absolute atomic E-state index is 0.333. The minimum atomic E-state index is -0.333. The van der Waals surface area contributed by atoms with Crippen molar-refractivity contribution in [3.63, 3.8) is 0 Å². The van der Waals surface area contributed by atoms with Gasteiger partial charge in [-0.05, 0) is 37.1 Å². The van der Waals surface area contributed by atoms with Crippen molar-refractivity contribution in [1.29, 1.82) is 0 Å². The number of quaternary nitrogens is 1. The maximum atomic E-state index is 11.4.